The van der Waals surface area contributed by atoms with Crippen molar-refractivity contribution in [2.24, 2.45) is 5.73 Å². The Kier molecular flexibility index (Phi) is 4.59. The van der Waals surface area contributed by atoms with Crippen LogP contribution in [0.3, 0.4) is 0 Å². The number of nitrogens with two attached hydrogens (primary N) is 1. The summed E-state index contributed by atoms with van der Waals surface area (Å²) >= 11 is 4.34. The van der Waals surface area contributed by atoms with Gasteiger partial charge in [-0.25, -0.2) is 0 Å². The molecule has 0 radical (unpaired) electrons. The third kappa shape index (κ3) is 5.65. The smallest absolute Gasteiger partial charge is 0.294 e. The van der Waals surface area contributed by atoms with Gasteiger partial charge in [0.05, 0.1) is 6.61 Å². The quantitative estimate of drug-likeness (QED) is 0.266. The van der Waals surface area contributed by atoms with E-state index in [1.165, 1.54) is 0 Å². The molecule has 0 heterocycles. The summed E-state index contributed by atoms with van der Waals surface area (Å²) in [7, 11) is 0. The molecule has 0 aromatic rings. The summed E-state index contributed by atoms with van der Waals surface area (Å²) in [6.45, 7) is 2.49. The van der Waals surface area contributed by atoms with Crippen LogP contribution in [0.4, 0.5) is 0 Å². The van der Waals surface area contributed by atoms with E-state index >= 15 is 0 Å². The second-order valence-electron chi connectivity index (χ2n) is 1.22. The zero-order chi connectivity index (χ0) is 6.41. The van der Waals surface area contributed by atoms with Crippen LogP contribution in [0.2, 0.25) is 0 Å². The molecule has 0 saturated carbocycles. The zero-order valence-corrected chi connectivity index (χ0v) is 5.53. The first-order valence-electron chi connectivity index (χ1n) is 2.36. The zero-order valence-electron chi connectivity index (χ0n) is 4.72. The average molecular weight is 135 g/mol. The van der Waals surface area contributed by atoms with Gasteiger partial charge in [0.25, 0.3) is 5.17 Å². The third-order valence-corrected chi connectivity index (χ3v) is 0.497. The highest BCUT2D eigenvalue weighted by molar-refractivity contribution is 7.79. The maximum absolute atomic E-state index is 4.92. The Labute approximate surface area is 53.7 Å². The van der Waals surface area contributed by atoms with E-state index in [9.17, 15) is 0 Å². The van der Waals surface area contributed by atoms with Crippen LogP contribution in [0.5, 0.6) is 0 Å². The molecule has 48 valence electrons. The van der Waals surface area contributed by atoms with Crippen molar-refractivity contribution in [3.63, 3.8) is 0 Å². The van der Waals surface area contributed by atoms with E-state index in [0.717, 1.165) is 6.42 Å². The first-order valence-corrected chi connectivity index (χ1v) is 2.77. The molecule has 3 nitrogen and oxygen atoms in total. The Hall–Kier alpha value is -0.350. The lowest BCUT2D eigenvalue weighted by Crippen LogP contribution is -2.13. The lowest BCUT2D eigenvalue weighted by atomic mass is 10.5. The molecule has 0 aliphatic rings. The molecule has 0 bridgehead atoms. The topological polar surface area (TPSA) is 44.5 Å². The van der Waals surface area contributed by atoms with Crippen molar-refractivity contribution in [1.29, 1.82) is 0 Å². The van der Waals surface area contributed by atoms with E-state index in [-0.39, 0.29) is 5.17 Å². The van der Waals surface area contributed by atoms with Gasteiger partial charge in [-0.15, -0.1) is 0 Å². The van der Waals surface area contributed by atoms with Crippen molar-refractivity contribution >= 4 is 17.4 Å². The van der Waals surface area contributed by atoms with Crippen molar-refractivity contribution in [2.75, 3.05) is 6.61 Å². The highest BCUT2D eigenvalue weighted by Gasteiger charge is 1.85. The van der Waals surface area contributed by atoms with Gasteiger partial charge in [-0.3, -0.25) is 0 Å². The van der Waals surface area contributed by atoms with E-state index in [4.69, 9.17) is 5.73 Å². The first-order chi connectivity index (χ1) is 3.77. The van der Waals surface area contributed by atoms with Gasteiger partial charge in [-0.05, 0) is 18.6 Å². The molecule has 0 unspecified atom stereocenters. The van der Waals surface area contributed by atoms with Crippen molar-refractivity contribution < 1.29 is 9.78 Å². The van der Waals surface area contributed by atoms with Crippen LogP contribution in [-0.4, -0.2) is 11.8 Å². The Balaban J connectivity index is 2.82. The first kappa shape index (κ1) is 7.65. The van der Waals surface area contributed by atoms with Gasteiger partial charge in [0.1, 0.15) is 0 Å². The van der Waals surface area contributed by atoms with Crippen molar-refractivity contribution in [3.05, 3.63) is 0 Å². The Morgan fingerprint density at radius 3 is 2.75 bits per heavy atom. The maximum Gasteiger partial charge on any atom is 0.294 e. The van der Waals surface area contributed by atoms with E-state index < -0.39 is 0 Å². The molecule has 0 spiro atoms. The van der Waals surface area contributed by atoms with Crippen LogP contribution >= 0.6 is 12.2 Å². The molecule has 0 aromatic carbocycles. The highest BCUT2D eigenvalue weighted by atomic mass is 32.1. The molecule has 0 amide bonds. The predicted octanol–water partition coefficient (Wildman–Crippen LogP) is 0.588. The lowest BCUT2D eigenvalue weighted by molar-refractivity contribution is -0.220. The molecule has 0 atom stereocenters. The van der Waals surface area contributed by atoms with Crippen LogP contribution in [0.15, 0.2) is 0 Å². The summed E-state index contributed by atoms with van der Waals surface area (Å²) in [5.74, 6) is 0. The molecular weight excluding hydrogens is 126 g/mol. The highest BCUT2D eigenvalue weighted by Crippen LogP contribution is 1.80. The molecule has 0 saturated heterocycles. The third-order valence-electron chi connectivity index (χ3n) is 0.429. The van der Waals surface area contributed by atoms with Crippen LogP contribution in [0.1, 0.15) is 13.3 Å². The monoisotopic (exact) mass is 135 g/mol. The number of hydrogen-bond donors (Lipinski definition) is 1. The molecule has 0 aliphatic heterocycles. The molecule has 0 aromatic heterocycles. The summed E-state index contributed by atoms with van der Waals surface area (Å²) in [6, 6.07) is 0. The van der Waals surface area contributed by atoms with Crippen molar-refractivity contribution in [3.8, 4) is 0 Å². The van der Waals surface area contributed by atoms with Gasteiger partial charge in [0, 0.05) is 0 Å². The van der Waals surface area contributed by atoms with Gasteiger partial charge in [0.15, 0.2) is 0 Å². The molecule has 2 N–H and O–H groups in total. The van der Waals surface area contributed by atoms with Gasteiger partial charge in [-0.2, -0.15) is 4.89 Å². The summed E-state index contributed by atoms with van der Waals surface area (Å²) in [5, 5.41) is -0.0709. The van der Waals surface area contributed by atoms with Crippen LogP contribution in [0.25, 0.3) is 0 Å². The van der Waals surface area contributed by atoms with E-state index in [2.05, 4.69) is 22.0 Å². The van der Waals surface area contributed by atoms with E-state index in [1.807, 2.05) is 6.92 Å². The molecule has 0 aliphatic carbocycles. The van der Waals surface area contributed by atoms with Crippen LogP contribution in [0, 0.1) is 0 Å². The standard InChI is InChI=1S/C4H9NO2S/c1-2-3-6-7-4(5)8/h2-3H2,1H3,(H2,5,8). The maximum atomic E-state index is 4.92. The minimum Gasteiger partial charge on any atom is -0.358 e. The lowest BCUT2D eigenvalue weighted by Gasteiger charge is -1.97. The fourth-order valence-corrected chi connectivity index (χ4v) is 0.231. The number of thiocarbonyl (C=S) groups is 1. The minimum atomic E-state index is -0.0709. The fraction of sp³-hybridized carbons (Fsp3) is 0.750. The van der Waals surface area contributed by atoms with Crippen molar-refractivity contribution in [1.82, 2.24) is 0 Å². The SMILES string of the molecule is CCCOOC(N)=S. The second kappa shape index (κ2) is 4.80. The van der Waals surface area contributed by atoms with Crippen LogP contribution in [-0.2, 0) is 9.78 Å². The van der Waals surface area contributed by atoms with Gasteiger partial charge < -0.3 is 10.6 Å². The summed E-state index contributed by atoms with van der Waals surface area (Å²) in [5.41, 5.74) is 4.92. The Bertz CT molecular complexity index is 76.4. The molecule has 8 heavy (non-hydrogen) atoms. The van der Waals surface area contributed by atoms with Gasteiger partial charge in [0.2, 0.25) is 0 Å². The molecule has 0 fully saturated rings. The minimum absolute atomic E-state index is 0.0709. The largest absolute Gasteiger partial charge is 0.358 e. The second-order valence-corrected chi connectivity index (χ2v) is 1.63. The van der Waals surface area contributed by atoms with E-state index in [0.29, 0.717) is 6.61 Å². The van der Waals surface area contributed by atoms with Gasteiger partial charge in [-0.1, -0.05) is 6.92 Å². The fourth-order valence-electron chi connectivity index (χ4n) is 0.183. The average Bonchev–Trinajstić information content (AvgIpc) is 1.66. The predicted molar refractivity (Wildman–Crippen MR) is 34.1 cm³/mol. The molecular formula is C4H9NO2S. The summed E-state index contributed by atoms with van der Waals surface area (Å²) in [6.07, 6.45) is 0.891. The number of rotatable bonds is 3. The summed E-state index contributed by atoms with van der Waals surface area (Å²) in [4.78, 5) is 8.77. The van der Waals surface area contributed by atoms with Crippen molar-refractivity contribution in [2.45, 2.75) is 13.3 Å². The van der Waals surface area contributed by atoms with Crippen LogP contribution < -0.4 is 5.73 Å². The van der Waals surface area contributed by atoms with Gasteiger partial charge >= 0.3 is 0 Å². The number of hydrogen-bond acceptors (Lipinski definition) is 3. The van der Waals surface area contributed by atoms with E-state index in [1.54, 1.807) is 0 Å². The molecule has 0 rings (SSSR count). The summed E-state index contributed by atoms with van der Waals surface area (Å²) < 4.78 is 0. The Morgan fingerprint density at radius 2 is 2.38 bits per heavy atom. The Morgan fingerprint density at radius 1 is 1.75 bits per heavy atom. The molecule has 4 heteroatoms. The normalized spacial score (nSPS) is 8.62.